The van der Waals surface area contributed by atoms with Gasteiger partial charge in [-0.25, -0.2) is 36.3 Å². The summed E-state index contributed by atoms with van der Waals surface area (Å²) in [7, 11) is -7.74. The number of nitrogens with one attached hydrogen (secondary N) is 4. The Bertz CT molecular complexity index is 4500. The number of aliphatic hydroxyl groups is 3. The Morgan fingerprint density at radius 1 is 0.613 bits per heavy atom. The summed E-state index contributed by atoms with van der Waals surface area (Å²) in [5.74, 6) is -2.19. The number of benzene rings is 5. The van der Waals surface area contributed by atoms with Crippen LogP contribution in [-0.4, -0.2) is 211 Å². The van der Waals surface area contributed by atoms with Crippen LogP contribution in [0.25, 0.3) is 32.7 Å². The van der Waals surface area contributed by atoms with Crippen LogP contribution in [-0.2, 0) is 70.1 Å². The molecule has 8 aromatic rings. The number of aromatic amines is 3. The molecular weight excluding hydrogens is 1700 g/mol. The molecule has 41 heteroatoms. The minimum atomic E-state index is -3.87. The van der Waals surface area contributed by atoms with Crippen LogP contribution >= 0.6 is 0 Å². The summed E-state index contributed by atoms with van der Waals surface area (Å²) in [5, 5.41) is 52.2. The second kappa shape index (κ2) is 59.7. The molecule has 0 unspecified atom stereocenters. The van der Waals surface area contributed by atoms with Crippen LogP contribution in [0.15, 0.2) is 116 Å². The fourth-order valence-electron chi connectivity index (χ4n) is 9.03. The van der Waals surface area contributed by atoms with Gasteiger partial charge in [-0.15, -0.1) is 3.63 Å². The smallest absolute Gasteiger partial charge is 1.00 e. The van der Waals surface area contributed by atoms with Crippen molar-refractivity contribution in [1.82, 2.24) is 25.2 Å². The van der Waals surface area contributed by atoms with Gasteiger partial charge in [0.1, 0.15) is 45.9 Å². The number of nitro groups is 2. The zero-order valence-corrected chi connectivity index (χ0v) is 73.4. The van der Waals surface area contributed by atoms with E-state index in [1.807, 2.05) is 19.9 Å². The third-order valence-electron chi connectivity index (χ3n) is 13.6. The van der Waals surface area contributed by atoms with E-state index in [1.54, 1.807) is 93.0 Å². The SMILES string of the molecule is C1CCOC1.CC(C)(C)OC(=O)N(CCO)Cc1cc(F)cc2cc[nH]c12.CC(C)(C)OC(=O)OC(=O)OC(C)(C)C.CCCCOC(OCCCC)c1cc(F)ccc1[N+](=O)[O-].CS(=O)(=O)OS(C)(=O)=O.NCCO.O=Cc1cc(F)cc2cc[nH]c12.O=Cc1cc(F)ccc1[N+](=O)[O-].OCCNCc1cc(F)cc2cc[nH]c12.[Br-].[CH-]=C.[Mg+2]. The molecule has 1 aliphatic rings. The summed E-state index contributed by atoms with van der Waals surface area (Å²) in [5.41, 5.74) is 6.35. The topological polar surface area (TPSA) is 463 Å². The number of nitrogens with two attached hydrogens (primary N) is 1. The number of aromatic nitrogens is 3. The summed E-state index contributed by atoms with van der Waals surface area (Å²) in [4.78, 5) is 85.3. The van der Waals surface area contributed by atoms with Crippen LogP contribution in [0.1, 0.15) is 158 Å². The summed E-state index contributed by atoms with van der Waals surface area (Å²) in [6, 6.07) is 19.8. The van der Waals surface area contributed by atoms with Gasteiger partial charge in [0.05, 0.1) is 89.6 Å². The zero-order valence-electron chi connectivity index (χ0n) is 68.8. The second-order valence-corrected chi connectivity index (χ2v) is 30.6. The van der Waals surface area contributed by atoms with Gasteiger partial charge in [0.25, 0.3) is 31.6 Å². The molecule has 119 heavy (non-hydrogen) atoms. The molecule has 4 heterocycles. The Labute approximate surface area is 715 Å². The minimum Gasteiger partial charge on any atom is -1.00 e. The summed E-state index contributed by atoms with van der Waals surface area (Å²) < 4.78 is 144. The number of amides is 1. The van der Waals surface area contributed by atoms with Crippen molar-refractivity contribution in [2.24, 2.45) is 5.73 Å². The van der Waals surface area contributed by atoms with Crippen LogP contribution in [0.5, 0.6) is 0 Å². The normalized spacial score (nSPS) is 11.3. The first-order valence-electron chi connectivity index (χ1n) is 36.0. The first kappa shape index (κ1) is 114. The maximum Gasteiger partial charge on any atom is 2.00 e. The number of H-pyrrole nitrogens is 3. The van der Waals surface area contributed by atoms with Gasteiger partial charge in [-0.05, 0) is 178 Å². The summed E-state index contributed by atoms with van der Waals surface area (Å²) >= 11 is 0. The number of hydrogen-bond donors (Lipinski definition) is 8. The van der Waals surface area contributed by atoms with Gasteiger partial charge in [0.15, 0.2) is 18.9 Å². The average molecular weight is 1810 g/mol. The maximum absolute atomic E-state index is 13.7. The number of nitro benzene ring substituents is 2. The number of ether oxygens (including phenoxy) is 7. The number of halogens is 6. The van der Waals surface area contributed by atoms with E-state index >= 15 is 0 Å². The van der Waals surface area contributed by atoms with Crippen molar-refractivity contribution in [2.45, 2.75) is 151 Å². The number of unbranched alkanes of at least 4 members (excludes halogenated alkanes) is 2. The molecule has 1 fully saturated rings. The molecule has 0 aliphatic carbocycles. The van der Waals surface area contributed by atoms with E-state index in [1.165, 1.54) is 54.1 Å². The zero-order chi connectivity index (χ0) is 89.3. The van der Waals surface area contributed by atoms with Gasteiger partial charge in [-0.2, -0.15) is 16.8 Å². The van der Waals surface area contributed by atoms with Gasteiger partial charge < -0.3 is 103 Å². The first-order chi connectivity index (χ1) is 54.8. The molecule has 1 amide bonds. The van der Waals surface area contributed by atoms with Crippen LogP contribution in [0.2, 0.25) is 0 Å². The molecule has 9 rings (SSSR count). The molecular formula is C78H108BrF5MgN8O24S2. The van der Waals surface area contributed by atoms with Crippen molar-refractivity contribution in [3.63, 3.8) is 0 Å². The summed E-state index contributed by atoms with van der Waals surface area (Å²) in [6.45, 7) is 30.9. The fourth-order valence-corrected chi connectivity index (χ4v) is 10.8. The third kappa shape index (κ3) is 51.3. The van der Waals surface area contributed by atoms with Gasteiger partial charge in [-0.3, -0.25) is 36.4 Å². The molecule has 1 aliphatic heterocycles. The molecule has 660 valence electrons. The number of rotatable bonds is 24. The molecule has 0 saturated carbocycles. The molecule has 32 nitrogen and oxygen atoms in total. The van der Waals surface area contributed by atoms with Crippen molar-refractivity contribution < 1.29 is 142 Å². The maximum atomic E-state index is 13.7. The Balaban J connectivity index is -0.00000130. The molecule has 0 spiro atoms. The van der Waals surface area contributed by atoms with Gasteiger partial charge >= 0.3 is 41.5 Å². The quantitative estimate of drug-likeness (QED) is 0.00238. The standard InChI is InChI=1S/C16H21FN2O3.C15H22FNO4.C11H13FN2O.C10H18O5.C9H6FNO.C7H4FNO3.C4H8O.C2H7NO.C2H6O5S2.C2H3.BrH.Mg/c1-16(2,3)22-15(21)19(6-7-20)10-12-9-13(17)8-11-4-5-18-14(11)12;1-3-5-9-20-15(21-10-6-4-2)13-11-12(16)7-8-14(13)17(18)19;12-10-5-8-1-2-14-11(8)9(6-10)7-13-3-4-15;1-9(2,3)14-7(11)13-8(12)15-10(4,5)6;10-8-3-6-1-2-11-9(6)7(4-8)5-12;8-6-1-2-7(9(11)12)5(3-6)4-10;1-2-4-5-3-1;3-1-2-4;1-8(3,4)7-9(2,5)6;1-2;;/h4-5,8-9,18,20H,6-7,10H2,1-3H3;7-8,11,15H,3-6,9-10H2,1-2H3;1-2,5-6,13-15H,3-4,7H2;1-6H3;1-5,11H;1-4H;1-4H2;4H,1-3H2;1-2H3;1H,2H2;1H;/q;;;;;;;;;-1;;+2/p-1. The third-order valence-corrected chi connectivity index (χ3v) is 15.6. The minimum absolute atomic E-state index is 0. The second-order valence-electron chi connectivity index (χ2n) is 27.3. The van der Waals surface area contributed by atoms with Crippen LogP contribution in [0.3, 0.4) is 0 Å². The number of aliphatic hydroxyl groups excluding tert-OH is 3. The van der Waals surface area contributed by atoms with Crippen LogP contribution < -0.4 is 28.0 Å². The number of nitrogens with zero attached hydrogens (tertiary/aromatic N) is 3. The van der Waals surface area contributed by atoms with Crippen LogP contribution in [0, 0.1) is 55.9 Å². The van der Waals surface area contributed by atoms with Gasteiger partial charge in [0.2, 0.25) is 0 Å². The molecule has 5 aromatic carbocycles. The summed E-state index contributed by atoms with van der Waals surface area (Å²) in [6.07, 6.45) is 9.91. The molecule has 9 N–H and O–H groups in total. The predicted octanol–water partition coefficient (Wildman–Crippen LogP) is 11.2. The van der Waals surface area contributed by atoms with Crippen molar-refractivity contribution in [2.75, 3.05) is 78.4 Å². The number of carbonyl (C=O) groups is 5. The molecule has 0 atom stereocenters. The van der Waals surface area contributed by atoms with E-state index in [0.717, 1.165) is 108 Å². The van der Waals surface area contributed by atoms with E-state index in [9.17, 15) is 83.0 Å². The Morgan fingerprint density at radius 3 is 1.39 bits per heavy atom. The number of fused-ring (bicyclic) bond motifs is 3. The van der Waals surface area contributed by atoms with E-state index in [4.69, 9.17) is 49.5 Å². The first-order valence-corrected chi connectivity index (χ1v) is 39.7. The molecule has 1 saturated heterocycles. The predicted molar refractivity (Wildman–Crippen MR) is 435 cm³/mol. The number of hydrogen-bond acceptors (Lipinski definition) is 26. The van der Waals surface area contributed by atoms with Crippen molar-refractivity contribution in [1.29, 1.82) is 0 Å². The monoisotopic (exact) mass is 1800 g/mol. The van der Waals surface area contributed by atoms with Gasteiger partial charge in [-0.1, -0.05) is 26.7 Å². The van der Waals surface area contributed by atoms with Crippen molar-refractivity contribution >= 4 is 118 Å². The average Bonchev–Trinajstić information content (AvgIpc) is 1.72. The number of aldehydes is 2. The van der Waals surface area contributed by atoms with Crippen LogP contribution in [0.4, 0.5) is 47.7 Å². The largest absolute Gasteiger partial charge is 2.00 e. The number of carbonyl (C=O) groups excluding carboxylic acids is 5. The van der Waals surface area contributed by atoms with E-state index in [-0.39, 0.29) is 119 Å². The van der Waals surface area contributed by atoms with Crippen molar-refractivity contribution in [3.05, 3.63) is 200 Å². The van der Waals surface area contributed by atoms with Crippen molar-refractivity contribution in [3.8, 4) is 0 Å². The fraction of sp³-hybridized carbons (Fsp3) is 0.449. The van der Waals surface area contributed by atoms with Gasteiger partial charge in [0, 0.05) is 91.8 Å². The molecule has 0 radical (unpaired) electrons. The molecule has 0 bridgehead atoms. The Kier molecular flexibility index (Phi) is 57.3. The van der Waals surface area contributed by atoms with E-state index < -0.39 is 83.2 Å². The van der Waals surface area contributed by atoms with E-state index in [0.29, 0.717) is 68.3 Å². The molecule has 3 aromatic heterocycles. The Morgan fingerprint density at radius 2 is 1.02 bits per heavy atom. The Hall–Kier alpha value is -8.95. The van der Waals surface area contributed by atoms with E-state index in [2.05, 4.69) is 41.8 Å².